The molecule has 5 heteroatoms. The minimum Gasteiger partial charge on any atom is -0.494 e. The highest BCUT2D eigenvalue weighted by atomic mass is 16.5. The Morgan fingerprint density at radius 3 is 2.17 bits per heavy atom. The Kier molecular flexibility index (Phi) is 7.94. The van der Waals surface area contributed by atoms with Crippen LogP contribution in [-0.2, 0) is 20.8 Å². The lowest BCUT2D eigenvalue weighted by molar-refractivity contribution is -0.121. The summed E-state index contributed by atoms with van der Waals surface area (Å²) in [5.41, 5.74) is 3.35. The van der Waals surface area contributed by atoms with Crippen molar-refractivity contribution in [2.75, 3.05) is 6.61 Å². The fourth-order valence-electron chi connectivity index (χ4n) is 3.30. The molecule has 2 rings (SSSR count). The van der Waals surface area contributed by atoms with E-state index in [0.717, 1.165) is 11.3 Å². The van der Waals surface area contributed by atoms with Gasteiger partial charge in [0.15, 0.2) is 11.6 Å². The van der Waals surface area contributed by atoms with Gasteiger partial charge in [0, 0.05) is 34.8 Å². The van der Waals surface area contributed by atoms with Crippen molar-refractivity contribution < 1.29 is 19.1 Å². The van der Waals surface area contributed by atoms with Crippen LogP contribution in [-0.4, -0.2) is 30.1 Å². The Morgan fingerprint density at radius 1 is 0.931 bits per heavy atom. The maximum absolute atomic E-state index is 12.4. The van der Waals surface area contributed by atoms with Gasteiger partial charge in [-0.05, 0) is 71.6 Å². The molecule has 29 heavy (non-hydrogen) atoms. The molecule has 0 spiro atoms. The molecule has 5 nitrogen and oxygen atoms in total. The van der Waals surface area contributed by atoms with E-state index in [4.69, 9.17) is 4.74 Å². The second-order valence-electron chi connectivity index (χ2n) is 7.83. The maximum Gasteiger partial charge on any atom is 0.220 e. The molecular formula is C24H31NO4. The summed E-state index contributed by atoms with van der Waals surface area (Å²) in [6.07, 6.45) is 2.35. The molecule has 0 unspecified atom stereocenters. The van der Waals surface area contributed by atoms with Crippen molar-refractivity contribution in [2.24, 2.45) is 0 Å². The van der Waals surface area contributed by atoms with Gasteiger partial charge >= 0.3 is 0 Å². The number of carbonyl (C=O) groups is 3. The predicted octanol–water partition coefficient (Wildman–Crippen LogP) is 4.11. The lowest BCUT2D eigenvalue weighted by Crippen LogP contribution is -2.30. The van der Waals surface area contributed by atoms with Crippen molar-refractivity contribution in [1.82, 2.24) is 5.32 Å². The van der Waals surface area contributed by atoms with Gasteiger partial charge < -0.3 is 10.1 Å². The molecule has 1 N–H and O–H groups in total. The molecule has 1 aliphatic rings. The van der Waals surface area contributed by atoms with E-state index in [1.165, 1.54) is 0 Å². The zero-order valence-corrected chi connectivity index (χ0v) is 18.1. The molecule has 0 aromatic heterocycles. The van der Waals surface area contributed by atoms with Crippen LogP contribution in [0.4, 0.5) is 0 Å². The largest absolute Gasteiger partial charge is 0.494 e. The van der Waals surface area contributed by atoms with E-state index >= 15 is 0 Å². The Bertz CT molecular complexity index is 844. The molecule has 0 saturated heterocycles. The van der Waals surface area contributed by atoms with Crippen LogP contribution in [0.1, 0.15) is 59.4 Å². The number of hydrogen-bond acceptors (Lipinski definition) is 4. The predicted molar refractivity (Wildman–Crippen MR) is 114 cm³/mol. The van der Waals surface area contributed by atoms with Gasteiger partial charge in [0.25, 0.3) is 0 Å². The van der Waals surface area contributed by atoms with Crippen molar-refractivity contribution in [2.45, 2.75) is 66.3 Å². The highest BCUT2D eigenvalue weighted by Gasteiger charge is 2.27. The second-order valence-corrected chi connectivity index (χ2v) is 7.83. The molecule has 0 atom stereocenters. The van der Waals surface area contributed by atoms with Crippen LogP contribution in [0.2, 0.25) is 0 Å². The molecule has 1 aromatic rings. The lowest BCUT2D eigenvalue weighted by Gasteiger charge is -2.18. The van der Waals surface area contributed by atoms with Crippen molar-refractivity contribution in [3.05, 3.63) is 52.1 Å². The normalized spacial score (nSPS) is 14.7. The standard InChI is InChI=1S/C24H31NO4/c1-15(2)25-22(26)13-10-19-8-11-20(12-9-19)29-14-6-7-21-18(5)23(27)16(3)17(4)24(21)28/h8-9,11-12,15H,6-7,10,13-14H2,1-5H3,(H,25,26). The van der Waals surface area contributed by atoms with E-state index in [1.54, 1.807) is 20.8 Å². The Hall–Kier alpha value is -2.69. The first-order valence-corrected chi connectivity index (χ1v) is 10.2. The molecule has 0 fully saturated rings. The molecule has 0 heterocycles. The number of carbonyl (C=O) groups excluding carboxylic acids is 3. The molecule has 1 aliphatic carbocycles. The van der Waals surface area contributed by atoms with Crippen molar-refractivity contribution >= 4 is 17.5 Å². The summed E-state index contributed by atoms with van der Waals surface area (Å²) in [4.78, 5) is 36.3. The zero-order chi connectivity index (χ0) is 21.6. The molecule has 0 radical (unpaired) electrons. The third kappa shape index (κ3) is 6.14. The highest BCUT2D eigenvalue weighted by molar-refractivity contribution is 6.24. The maximum atomic E-state index is 12.4. The van der Waals surface area contributed by atoms with E-state index in [9.17, 15) is 14.4 Å². The van der Waals surface area contributed by atoms with Gasteiger partial charge in [0.2, 0.25) is 5.91 Å². The van der Waals surface area contributed by atoms with E-state index < -0.39 is 0 Å². The summed E-state index contributed by atoms with van der Waals surface area (Å²) in [6, 6.07) is 7.87. The number of ketones is 2. The number of Topliss-reactive ketones (excluding diaryl/α,β-unsaturated/α-hetero) is 2. The van der Waals surface area contributed by atoms with Crippen molar-refractivity contribution in [3.63, 3.8) is 0 Å². The van der Waals surface area contributed by atoms with Crippen molar-refractivity contribution in [3.8, 4) is 5.75 Å². The van der Waals surface area contributed by atoms with Crippen molar-refractivity contribution in [1.29, 1.82) is 0 Å². The van der Waals surface area contributed by atoms with Gasteiger partial charge in [-0.2, -0.15) is 0 Å². The topological polar surface area (TPSA) is 72.5 Å². The van der Waals surface area contributed by atoms with E-state index in [0.29, 0.717) is 54.6 Å². The smallest absolute Gasteiger partial charge is 0.220 e. The second kappa shape index (κ2) is 10.2. The molecule has 1 amide bonds. The van der Waals surface area contributed by atoms with Crippen LogP contribution >= 0.6 is 0 Å². The Labute approximate surface area is 173 Å². The summed E-state index contributed by atoms with van der Waals surface area (Å²) < 4.78 is 5.77. The number of hydrogen-bond donors (Lipinski definition) is 1. The van der Waals surface area contributed by atoms with Crippen LogP contribution in [0.3, 0.4) is 0 Å². The summed E-state index contributed by atoms with van der Waals surface area (Å²) in [5.74, 6) is 0.756. The number of ether oxygens (including phenoxy) is 1. The summed E-state index contributed by atoms with van der Waals surface area (Å²) in [6.45, 7) is 9.51. The number of nitrogens with one attached hydrogen (secondary N) is 1. The number of aryl methyl sites for hydroxylation is 1. The highest BCUT2D eigenvalue weighted by Crippen LogP contribution is 2.27. The van der Waals surface area contributed by atoms with Gasteiger partial charge in [0.05, 0.1) is 6.61 Å². The molecule has 156 valence electrons. The van der Waals surface area contributed by atoms with Crippen LogP contribution in [0, 0.1) is 0 Å². The Balaban J connectivity index is 1.79. The van der Waals surface area contributed by atoms with Crippen LogP contribution in [0.25, 0.3) is 0 Å². The third-order valence-corrected chi connectivity index (χ3v) is 5.16. The first-order valence-electron chi connectivity index (χ1n) is 10.2. The summed E-state index contributed by atoms with van der Waals surface area (Å²) in [7, 11) is 0. The quantitative estimate of drug-likeness (QED) is 0.503. The van der Waals surface area contributed by atoms with E-state index in [-0.39, 0.29) is 23.5 Å². The van der Waals surface area contributed by atoms with Gasteiger partial charge in [-0.25, -0.2) is 0 Å². The van der Waals surface area contributed by atoms with Gasteiger partial charge in [-0.1, -0.05) is 12.1 Å². The monoisotopic (exact) mass is 397 g/mol. The van der Waals surface area contributed by atoms with Crippen LogP contribution < -0.4 is 10.1 Å². The van der Waals surface area contributed by atoms with E-state index in [1.807, 2.05) is 38.1 Å². The fraction of sp³-hybridized carbons (Fsp3) is 0.458. The SMILES string of the molecule is CC1=C(C)C(=O)C(CCCOc2ccc(CCC(=O)NC(C)C)cc2)=C(C)C1=O. The number of amides is 1. The first-order chi connectivity index (χ1) is 13.7. The van der Waals surface area contributed by atoms with E-state index in [2.05, 4.69) is 5.32 Å². The minimum atomic E-state index is -0.0318. The summed E-state index contributed by atoms with van der Waals surface area (Å²) in [5, 5.41) is 2.88. The molecule has 1 aromatic carbocycles. The molecular weight excluding hydrogens is 366 g/mol. The average Bonchev–Trinajstić information content (AvgIpc) is 2.69. The Morgan fingerprint density at radius 2 is 1.55 bits per heavy atom. The van der Waals surface area contributed by atoms with Gasteiger partial charge in [-0.15, -0.1) is 0 Å². The summed E-state index contributed by atoms with van der Waals surface area (Å²) >= 11 is 0. The lowest BCUT2D eigenvalue weighted by atomic mass is 9.84. The fourth-order valence-corrected chi connectivity index (χ4v) is 3.30. The van der Waals surface area contributed by atoms with Crippen LogP contribution in [0.15, 0.2) is 46.6 Å². The number of rotatable bonds is 9. The minimum absolute atomic E-state index is 0.0227. The molecule has 0 aliphatic heterocycles. The first kappa shape index (κ1) is 22.6. The van der Waals surface area contributed by atoms with Gasteiger partial charge in [-0.3, -0.25) is 14.4 Å². The molecule has 0 bridgehead atoms. The zero-order valence-electron chi connectivity index (χ0n) is 18.1. The molecule has 0 saturated carbocycles. The average molecular weight is 398 g/mol. The number of allylic oxidation sites excluding steroid dienone is 4. The number of benzene rings is 1. The van der Waals surface area contributed by atoms with Crippen LogP contribution in [0.5, 0.6) is 5.75 Å². The van der Waals surface area contributed by atoms with Gasteiger partial charge in [0.1, 0.15) is 5.75 Å². The third-order valence-electron chi connectivity index (χ3n) is 5.16.